The Hall–Kier alpha value is 0.110. The molecule has 0 aromatic carbocycles. The molecule has 1 aromatic heterocycles. The average molecular weight is 295 g/mol. The van der Waals surface area contributed by atoms with Gasteiger partial charge < -0.3 is 0 Å². The van der Waals surface area contributed by atoms with Crippen LogP contribution in [0.25, 0.3) is 0 Å². The molecule has 0 N–H and O–H groups in total. The van der Waals surface area contributed by atoms with E-state index in [1.54, 1.807) is 0 Å². The second kappa shape index (κ2) is 16.2. The Balaban J connectivity index is 0. The molecule has 0 spiro atoms. The summed E-state index contributed by atoms with van der Waals surface area (Å²) in [5.41, 5.74) is 0. The van der Waals surface area contributed by atoms with Gasteiger partial charge in [0.1, 0.15) is 6.54 Å². The molecule has 0 aliphatic carbocycles. The zero-order valence-electron chi connectivity index (χ0n) is 11.6. The van der Waals surface area contributed by atoms with Gasteiger partial charge in [0.15, 0.2) is 12.4 Å². The van der Waals surface area contributed by atoms with Crippen molar-refractivity contribution in [2.45, 2.75) is 58.9 Å². The Morgan fingerprint density at radius 3 is 2.00 bits per heavy atom. The van der Waals surface area contributed by atoms with Crippen LogP contribution in [-0.2, 0) is 11.3 Å². The van der Waals surface area contributed by atoms with Crippen LogP contribution in [0.2, 0.25) is 0 Å². The summed E-state index contributed by atoms with van der Waals surface area (Å²) in [5.74, 6) is 0. The van der Waals surface area contributed by atoms with Gasteiger partial charge in [-0.1, -0.05) is 38.7 Å². The van der Waals surface area contributed by atoms with Gasteiger partial charge in [-0.15, -0.1) is 0 Å². The fraction of sp³-hybridized carbons (Fsp3) is 0.600. The molecule has 104 valence electrons. The van der Waals surface area contributed by atoms with Crippen molar-refractivity contribution in [2.24, 2.45) is 0 Å². The third kappa shape index (κ3) is 18.1. The molecule has 0 unspecified atom stereocenters. The minimum absolute atomic E-state index is 0. The van der Waals surface area contributed by atoms with Crippen LogP contribution in [0.1, 0.15) is 52.4 Å². The van der Waals surface area contributed by atoms with E-state index in [4.69, 9.17) is 0 Å². The maximum absolute atomic E-state index is 9.21. The fourth-order valence-electron chi connectivity index (χ4n) is 1.66. The molecule has 1 heterocycles. The normalized spacial score (nSPS) is 9.00. The molecule has 0 amide bonds. The van der Waals surface area contributed by atoms with E-state index in [9.17, 15) is 4.79 Å². The van der Waals surface area contributed by atoms with Crippen LogP contribution in [0.5, 0.6) is 0 Å². The molecule has 0 bridgehead atoms. The molecule has 0 aliphatic heterocycles. The van der Waals surface area contributed by atoms with Gasteiger partial charge in [0.25, 0.3) is 0 Å². The summed E-state index contributed by atoms with van der Waals surface area (Å²) in [6.07, 6.45) is 12.5. The number of aryl methyl sites for hydroxylation is 1. The molecule has 1 aromatic rings. The van der Waals surface area contributed by atoms with E-state index in [0.29, 0.717) is 0 Å². The number of carbonyl (C=O) groups is 1. The van der Waals surface area contributed by atoms with Crippen LogP contribution >= 0.6 is 11.6 Å². The van der Waals surface area contributed by atoms with Crippen LogP contribution < -0.4 is 4.57 Å². The summed E-state index contributed by atoms with van der Waals surface area (Å²) in [6, 6.07) is 6.26. The maximum atomic E-state index is 9.21. The van der Waals surface area contributed by atoms with E-state index in [1.165, 1.54) is 52.0 Å². The van der Waals surface area contributed by atoms with Crippen molar-refractivity contribution >= 4 is 46.4 Å². The van der Waals surface area contributed by atoms with E-state index in [2.05, 4.69) is 53.7 Å². The van der Waals surface area contributed by atoms with Crippen molar-refractivity contribution in [3.63, 3.8) is 0 Å². The van der Waals surface area contributed by atoms with Gasteiger partial charge in [0.2, 0.25) is 5.24 Å². The first-order chi connectivity index (χ1) is 8.66. The summed E-state index contributed by atoms with van der Waals surface area (Å²) in [7, 11) is 0. The van der Waals surface area contributed by atoms with Crippen LogP contribution in [0.15, 0.2) is 30.6 Å². The molecule has 0 atom stereocenters. The van der Waals surface area contributed by atoms with Crippen LogP contribution in [0.3, 0.4) is 0 Å². The monoisotopic (exact) mass is 294 g/mol. The first kappa shape index (κ1) is 21.4. The van der Waals surface area contributed by atoms with Gasteiger partial charge in [0, 0.05) is 25.5 Å². The molecule has 0 saturated heterocycles. The Bertz CT molecular complexity index is 302. The zero-order chi connectivity index (χ0) is 13.6. The average Bonchev–Trinajstić information content (AvgIpc) is 2.34. The number of unbranched alkanes of at least 4 members (excludes halogenated alkanes) is 5. The number of pyridine rings is 1. The van der Waals surface area contributed by atoms with E-state index < -0.39 is 0 Å². The molecular weight excluding hydrogens is 269 g/mol. The van der Waals surface area contributed by atoms with Crippen LogP contribution in [0.4, 0.5) is 0 Å². The first-order valence-electron chi connectivity index (χ1n) is 6.77. The number of carbonyl (C=O) groups excluding carboxylic acids is 1. The fourth-order valence-corrected chi connectivity index (χ4v) is 1.66. The van der Waals surface area contributed by atoms with Gasteiger partial charge in [0.05, 0.1) is 0 Å². The quantitative estimate of drug-likeness (QED) is 0.326. The Kier molecular flexibility index (Phi) is 18.2. The Labute approximate surface area is 144 Å². The van der Waals surface area contributed by atoms with E-state index in [1.807, 2.05) is 0 Å². The predicted molar refractivity (Wildman–Crippen MR) is 83.7 cm³/mol. The first-order valence-corrected chi connectivity index (χ1v) is 7.14. The van der Waals surface area contributed by atoms with Crippen LogP contribution in [0, 0.1) is 0 Å². The van der Waals surface area contributed by atoms with Gasteiger partial charge in [-0.25, -0.2) is 4.57 Å². The molecule has 0 radical (unpaired) electrons. The Morgan fingerprint density at radius 1 is 1.00 bits per heavy atom. The summed E-state index contributed by atoms with van der Waals surface area (Å²) in [4.78, 5) is 9.21. The van der Waals surface area contributed by atoms with E-state index in [0.717, 1.165) is 0 Å². The summed E-state index contributed by atoms with van der Waals surface area (Å²) < 4.78 is 2.26. The van der Waals surface area contributed by atoms with Crippen molar-refractivity contribution in [3.8, 4) is 0 Å². The molecule has 19 heavy (non-hydrogen) atoms. The summed E-state index contributed by atoms with van der Waals surface area (Å²) in [6.45, 7) is 4.73. The Morgan fingerprint density at radius 2 is 1.47 bits per heavy atom. The summed E-state index contributed by atoms with van der Waals surface area (Å²) >= 11 is 4.64. The molecular formula is C15H26ClNNaO+. The molecule has 4 heteroatoms. The van der Waals surface area contributed by atoms with Gasteiger partial charge >= 0.3 is 29.6 Å². The van der Waals surface area contributed by atoms with E-state index >= 15 is 0 Å². The topological polar surface area (TPSA) is 20.9 Å². The summed E-state index contributed by atoms with van der Waals surface area (Å²) in [5, 5.41) is -0.361. The van der Waals surface area contributed by atoms with Crippen LogP contribution in [-0.4, -0.2) is 34.8 Å². The standard InChI is InChI=1S/C13H22N.C2H3ClO.Na.H/c1-2-3-4-5-6-8-11-14-12-9-7-10-13-14;1-2(3)4;;/h7,9-10,12-13H,2-6,8,11H2,1H3;1H3;;/q+1;;;. The van der Waals surface area contributed by atoms with Crippen molar-refractivity contribution in [2.75, 3.05) is 0 Å². The molecule has 0 fully saturated rings. The molecule has 1 rings (SSSR count). The number of nitrogens with zero attached hydrogens (tertiary/aromatic N) is 1. The number of aromatic nitrogens is 1. The van der Waals surface area contributed by atoms with Gasteiger partial charge in [-0.3, -0.25) is 4.79 Å². The van der Waals surface area contributed by atoms with Crippen molar-refractivity contribution in [3.05, 3.63) is 30.6 Å². The predicted octanol–water partition coefficient (Wildman–Crippen LogP) is 3.46. The third-order valence-electron chi connectivity index (χ3n) is 2.55. The number of rotatable bonds is 7. The zero-order valence-corrected chi connectivity index (χ0v) is 12.3. The number of halogens is 1. The molecule has 0 aliphatic rings. The minimum atomic E-state index is -0.361. The molecule has 0 saturated carbocycles. The number of hydrogen-bond donors (Lipinski definition) is 0. The SMILES string of the molecule is CC(=O)Cl.CCCCCCCC[n+]1ccccc1.[NaH]. The van der Waals surface area contributed by atoms with Gasteiger partial charge in [-0.2, -0.15) is 0 Å². The third-order valence-corrected chi connectivity index (χ3v) is 2.55. The van der Waals surface area contributed by atoms with Crippen molar-refractivity contribution in [1.82, 2.24) is 0 Å². The van der Waals surface area contributed by atoms with Gasteiger partial charge in [-0.05, 0) is 18.0 Å². The molecule has 2 nitrogen and oxygen atoms in total. The van der Waals surface area contributed by atoms with Crippen molar-refractivity contribution < 1.29 is 9.36 Å². The van der Waals surface area contributed by atoms with Crippen molar-refractivity contribution in [1.29, 1.82) is 0 Å². The second-order valence-electron chi connectivity index (χ2n) is 4.35. The second-order valence-corrected chi connectivity index (χ2v) is 4.88. The number of hydrogen-bond acceptors (Lipinski definition) is 1. The van der Waals surface area contributed by atoms with E-state index in [-0.39, 0.29) is 34.8 Å².